The van der Waals surface area contributed by atoms with Gasteiger partial charge in [-0.25, -0.2) is 0 Å². The first-order valence-corrected chi connectivity index (χ1v) is 5.52. The molecule has 0 aromatic carbocycles. The summed E-state index contributed by atoms with van der Waals surface area (Å²) in [6.07, 6.45) is 4.68. The van der Waals surface area contributed by atoms with E-state index in [4.69, 9.17) is 4.74 Å². The number of hydrogen-bond acceptors (Lipinski definition) is 3. The third-order valence-corrected chi connectivity index (χ3v) is 2.84. The maximum atomic E-state index is 9.57. The van der Waals surface area contributed by atoms with Crippen LogP contribution in [0.4, 0.5) is 0 Å². The molecule has 2 N–H and O–H groups in total. The Balaban J connectivity index is 2.08. The lowest BCUT2D eigenvalue weighted by atomic mass is 9.96. The maximum Gasteiger partial charge on any atom is 0.0849 e. The van der Waals surface area contributed by atoms with E-state index in [-0.39, 0.29) is 0 Å². The summed E-state index contributed by atoms with van der Waals surface area (Å²) in [6, 6.07) is 0. The average Bonchev–Trinajstić information content (AvgIpc) is 2.55. The molecule has 0 bridgehead atoms. The Morgan fingerprint density at radius 1 is 1.50 bits per heavy atom. The lowest BCUT2D eigenvalue weighted by Crippen LogP contribution is -2.35. The van der Waals surface area contributed by atoms with Crippen LogP contribution in [-0.4, -0.2) is 34.6 Å². The minimum absolute atomic E-state index is 0.393. The van der Waals surface area contributed by atoms with Crippen LogP contribution in [0.3, 0.4) is 0 Å². The van der Waals surface area contributed by atoms with Crippen molar-refractivity contribution in [3.8, 4) is 0 Å². The van der Waals surface area contributed by atoms with Gasteiger partial charge in [0.05, 0.1) is 17.8 Å². The summed E-state index contributed by atoms with van der Waals surface area (Å²) in [4.78, 5) is 0. The molecule has 0 aliphatic carbocycles. The summed E-state index contributed by atoms with van der Waals surface area (Å²) in [5.74, 6) is 0. The van der Waals surface area contributed by atoms with Crippen LogP contribution in [0.25, 0.3) is 0 Å². The number of aliphatic hydroxyl groups is 2. The van der Waals surface area contributed by atoms with Crippen molar-refractivity contribution in [3.63, 3.8) is 0 Å². The first-order valence-electron chi connectivity index (χ1n) is 5.52. The Bertz CT molecular complexity index is 156. The molecule has 0 saturated carbocycles. The minimum Gasteiger partial charge on any atom is -0.390 e. The molecule has 1 rings (SSSR count). The molecule has 0 spiro atoms. The summed E-state index contributed by atoms with van der Waals surface area (Å²) in [5, 5.41) is 19.1. The second-order valence-electron chi connectivity index (χ2n) is 4.74. The fourth-order valence-electron chi connectivity index (χ4n) is 1.76. The van der Waals surface area contributed by atoms with Crippen LogP contribution in [0.5, 0.6) is 0 Å². The molecule has 1 heterocycles. The van der Waals surface area contributed by atoms with Gasteiger partial charge in [-0.15, -0.1) is 0 Å². The van der Waals surface area contributed by atoms with Crippen LogP contribution in [-0.2, 0) is 4.74 Å². The number of aliphatic hydroxyl groups excluding tert-OH is 1. The average molecular weight is 202 g/mol. The van der Waals surface area contributed by atoms with E-state index in [2.05, 4.69) is 0 Å². The zero-order chi connectivity index (χ0) is 10.6. The van der Waals surface area contributed by atoms with Gasteiger partial charge in [0.25, 0.3) is 0 Å². The van der Waals surface area contributed by atoms with Gasteiger partial charge in [0.2, 0.25) is 0 Å². The van der Waals surface area contributed by atoms with Crippen molar-refractivity contribution >= 4 is 0 Å². The lowest BCUT2D eigenvalue weighted by Gasteiger charge is -2.24. The largest absolute Gasteiger partial charge is 0.390 e. The first-order chi connectivity index (χ1) is 6.50. The molecule has 1 aliphatic rings. The predicted octanol–water partition coefficient (Wildman–Crippen LogP) is 1.47. The molecular formula is C11H22O3. The van der Waals surface area contributed by atoms with Crippen molar-refractivity contribution in [1.82, 2.24) is 0 Å². The summed E-state index contributed by atoms with van der Waals surface area (Å²) >= 11 is 0. The molecule has 1 fully saturated rings. The van der Waals surface area contributed by atoms with E-state index >= 15 is 0 Å². The summed E-state index contributed by atoms with van der Waals surface area (Å²) < 4.78 is 5.48. The van der Waals surface area contributed by atoms with E-state index in [1.165, 1.54) is 6.42 Å². The SMILES string of the molecule is CC(C)(O)C(O)CCCC1CCCO1. The van der Waals surface area contributed by atoms with E-state index < -0.39 is 11.7 Å². The smallest absolute Gasteiger partial charge is 0.0849 e. The molecule has 1 aliphatic heterocycles. The molecule has 1 saturated heterocycles. The Hall–Kier alpha value is -0.120. The van der Waals surface area contributed by atoms with E-state index in [0.717, 1.165) is 25.9 Å². The van der Waals surface area contributed by atoms with Crippen molar-refractivity contribution in [2.24, 2.45) is 0 Å². The summed E-state index contributed by atoms with van der Waals surface area (Å²) in [7, 11) is 0. The van der Waals surface area contributed by atoms with Gasteiger partial charge in [0, 0.05) is 6.61 Å². The van der Waals surface area contributed by atoms with Crippen molar-refractivity contribution in [1.29, 1.82) is 0 Å². The number of hydrogen-bond donors (Lipinski definition) is 2. The maximum absolute atomic E-state index is 9.57. The Morgan fingerprint density at radius 3 is 2.71 bits per heavy atom. The molecular weight excluding hydrogens is 180 g/mol. The highest BCUT2D eigenvalue weighted by Gasteiger charge is 2.24. The molecule has 0 amide bonds. The van der Waals surface area contributed by atoms with E-state index in [0.29, 0.717) is 12.5 Å². The third kappa shape index (κ3) is 3.95. The number of rotatable bonds is 5. The highest BCUT2D eigenvalue weighted by molar-refractivity contribution is 4.76. The highest BCUT2D eigenvalue weighted by Crippen LogP contribution is 2.20. The molecule has 2 atom stereocenters. The normalized spacial score (nSPS) is 25.3. The minimum atomic E-state index is -0.976. The molecule has 14 heavy (non-hydrogen) atoms. The lowest BCUT2D eigenvalue weighted by molar-refractivity contribution is -0.0533. The van der Waals surface area contributed by atoms with E-state index in [1.807, 2.05) is 0 Å². The fraction of sp³-hybridized carbons (Fsp3) is 1.00. The van der Waals surface area contributed by atoms with Gasteiger partial charge in [-0.1, -0.05) is 0 Å². The Kier molecular flexibility index (Phi) is 4.35. The summed E-state index contributed by atoms with van der Waals surface area (Å²) in [5.41, 5.74) is -0.976. The van der Waals surface area contributed by atoms with Crippen LogP contribution in [0.15, 0.2) is 0 Å². The van der Waals surface area contributed by atoms with Gasteiger partial charge in [-0.3, -0.25) is 0 Å². The molecule has 3 heteroatoms. The fourth-order valence-corrected chi connectivity index (χ4v) is 1.76. The zero-order valence-corrected chi connectivity index (χ0v) is 9.20. The second-order valence-corrected chi connectivity index (χ2v) is 4.74. The van der Waals surface area contributed by atoms with Crippen LogP contribution in [0, 0.1) is 0 Å². The van der Waals surface area contributed by atoms with Gasteiger partial charge in [-0.05, 0) is 46.0 Å². The van der Waals surface area contributed by atoms with E-state index in [1.54, 1.807) is 13.8 Å². The quantitative estimate of drug-likeness (QED) is 0.709. The second kappa shape index (κ2) is 5.10. The van der Waals surface area contributed by atoms with Crippen LogP contribution in [0.1, 0.15) is 46.0 Å². The summed E-state index contributed by atoms with van der Waals surface area (Å²) in [6.45, 7) is 4.17. The monoisotopic (exact) mass is 202 g/mol. The zero-order valence-electron chi connectivity index (χ0n) is 9.20. The van der Waals surface area contributed by atoms with Crippen molar-refractivity contribution in [2.75, 3.05) is 6.61 Å². The molecule has 0 aromatic heterocycles. The van der Waals surface area contributed by atoms with E-state index in [9.17, 15) is 10.2 Å². The van der Waals surface area contributed by atoms with Gasteiger partial charge >= 0.3 is 0 Å². The van der Waals surface area contributed by atoms with Crippen molar-refractivity contribution < 1.29 is 14.9 Å². The Morgan fingerprint density at radius 2 is 2.21 bits per heavy atom. The molecule has 0 aromatic rings. The number of ether oxygens (including phenoxy) is 1. The van der Waals surface area contributed by atoms with Gasteiger partial charge in [0.15, 0.2) is 0 Å². The van der Waals surface area contributed by atoms with Gasteiger partial charge in [-0.2, -0.15) is 0 Å². The van der Waals surface area contributed by atoms with Gasteiger partial charge in [0.1, 0.15) is 0 Å². The van der Waals surface area contributed by atoms with Gasteiger partial charge < -0.3 is 14.9 Å². The van der Waals surface area contributed by atoms with Crippen LogP contribution >= 0.6 is 0 Å². The van der Waals surface area contributed by atoms with Crippen molar-refractivity contribution in [2.45, 2.75) is 63.8 Å². The third-order valence-electron chi connectivity index (χ3n) is 2.84. The molecule has 84 valence electrons. The standard InChI is InChI=1S/C11H22O3/c1-11(2,13)10(12)7-3-5-9-6-4-8-14-9/h9-10,12-13H,3-8H2,1-2H3. The van der Waals surface area contributed by atoms with Crippen LogP contribution < -0.4 is 0 Å². The molecule has 2 unspecified atom stereocenters. The molecule has 0 radical (unpaired) electrons. The Labute approximate surface area is 86.1 Å². The first kappa shape index (κ1) is 12.0. The highest BCUT2D eigenvalue weighted by atomic mass is 16.5. The topological polar surface area (TPSA) is 49.7 Å². The predicted molar refractivity (Wildman–Crippen MR) is 55.1 cm³/mol. The molecule has 3 nitrogen and oxygen atoms in total. The van der Waals surface area contributed by atoms with Crippen LogP contribution in [0.2, 0.25) is 0 Å². The van der Waals surface area contributed by atoms with Crippen molar-refractivity contribution in [3.05, 3.63) is 0 Å².